The van der Waals surface area contributed by atoms with Gasteiger partial charge < -0.3 is 19.6 Å². The number of hydrogen-bond donors (Lipinski definition) is 2. The van der Waals surface area contributed by atoms with Crippen LogP contribution in [0.25, 0.3) is 0 Å². The summed E-state index contributed by atoms with van der Waals surface area (Å²) in [7, 11) is 0. The summed E-state index contributed by atoms with van der Waals surface area (Å²) >= 11 is 0. The zero-order valence-corrected chi connectivity index (χ0v) is 12.2. The molecular weight excluding hydrogens is 262 g/mol. The molecule has 1 atom stereocenters. The molecule has 0 radical (unpaired) electrons. The summed E-state index contributed by atoms with van der Waals surface area (Å²) in [6.45, 7) is 6.97. The number of ether oxygens (including phenoxy) is 1. The lowest BCUT2D eigenvalue weighted by atomic mass is 10.0. The van der Waals surface area contributed by atoms with Crippen molar-refractivity contribution in [2.24, 2.45) is 0 Å². The number of aliphatic hydroxyl groups is 1. The van der Waals surface area contributed by atoms with Crippen LogP contribution in [0.2, 0.25) is 0 Å². The summed E-state index contributed by atoms with van der Waals surface area (Å²) in [5.41, 5.74) is -0.769. The van der Waals surface area contributed by atoms with Gasteiger partial charge in [-0.1, -0.05) is 6.92 Å². The number of rotatable bonds is 6. The summed E-state index contributed by atoms with van der Waals surface area (Å²) in [6.07, 6.45) is 1.06. The standard InChI is InChI=1S/C14H21NO5/c1-5-14(3,4)15-13(18)9(2)20-12-8-19-10(7-16)6-11(12)17/h6,8-9,16H,5,7H2,1-4H3,(H,15,18). The molecule has 1 unspecified atom stereocenters. The minimum absolute atomic E-state index is 0.0563. The molecule has 20 heavy (non-hydrogen) atoms. The number of amides is 1. The van der Waals surface area contributed by atoms with E-state index in [2.05, 4.69) is 5.32 Å². The molecule has 1 aromatic rings. The van der Waals surface area contributed by atoms with Crippen LogP contribution in [0, 0.1) is 0 Å². The molecule has 0 aliphatic carbocycles. The Morgan fingerprint density at radius 2 is 2.20 bits per heavy atom. The molecule has 0 saturated carbocycles. The second-order valence-electron chi connectivity index (χ2n) is 5.22. The average Bonchev–Trinajstić information content (AvgIpc) is 2.40. The fourth-order valence-electron chi connectivity index (χ4n) is 1.37. The summed E-state index contributed by atoms with van der Waals surface area (Å²) in [6, 6.07) is 1.13. The molecule has 0 aromatic carbocycles. The van der Waals surface area contributed by atoms with Crippen molar-refractivity contribution in [2.75, 3.05) is 0 Å². The van der Waals surface area contributed by atoms with E-state index in [4.69, 9.17) is 14.3 Å². The van der Waals surface area contributed by atoms with Gasteiger partial charge in [0.05, 0.1) is 0 Å². The van der Waals surface area contributed by atoms with Crippen LogP contribution in [-0.4, -0.2) is 22.7 Å². The number of hydrogen-bond acceptors (Lipinski definition) is 5. The molecular formula is C14H21NO5. The zero-order chi connectivity index (χ0) is 15.3. The van der Waals surface area contributed by atoms with Gasteiger partial charge in [-0.3, -0.25) is 9.59 Å². The van der Waals surface area contributed by atoms with Gasteiger partial charge in [0.1, 0.15) is 18.6 Å². The largest absolute Gasteiger partial charge is 0.474 e. The van der Waals surface area contributed by atoms with Crippen LogP contribution in [0.5, 0.6) is 5.75 Å². The lowest BCUT2D eigenvalue weighted by Crippen LogP contribution is -2.48. The van der Waals surface area contributed by atoms with Gasteiger partial charge in [-0.05, 0) is 27.2 Å². The molecule has 0 aliphatic rings. The van der Waals surface area contributed by atoms with Crippen LogP contribution < -0.4 is 15.5 Å². The van der Waals surface area contributed by atoms with Gasteiger partial charge >= 0.3 is 0 Å². The number of carbonyl (C=O) groups is 1. The van der Waals surface area contributed by atoms with Crippen molar-refractivity contribution in [3.63, 3.8) is 0 Å². The van der Waals surface area contributed by atoms with Crippen molar-refractivity contribution in [1.82, 2.24) is 5.32 Å². The fourth-order valence-corrected chi connectivity index (χ4v) is 1.37. The zero-order valence-electron chi connectivity index (χ0n) is 12.2. The van der Waals surface area contributed by atoms with Crippen molar-refractivity contribution in [3.05, 3.63) is 28.3 Å². The number of nitrogens with one attached hydrogen (secondary N) is 1. The van der Waals surface area contributed by atoms with E-state index in [0.29, 0.717) is 0 Å². The predicted octanol–water partition coefficient (Wildman–Crippen LogP) is 1.20. The predicted molar refractivity (Wildman–Crippen MR) is 73.5 cm³/mol. The van der Waals surface area contributed by atoms with E-state index in [1.807, 2.05) is 20.8 Å². The van der Waals surface area contributed by atoms with Crippen molar-refractivity contribution in [1.29, 1.82) is 0 Å². The molecule has 6 heteroatoms. The molecule has 0 bridgehead atoms. The van der Waals surface area contributed by atoms with Gasteiger partial charge in [-0.15, -0.1) is 0 Å². The molecule has 112 valence electrons. The summed E-state index contributed by atoms with van der Waals surface area (Å²) in [5, 5.41) is 11.7. The highest BCUT2D eigenvalue weighted by Crippen LogP contribution is 2.11. The molecule has 0 aliphatic heterocycles. The molecule has 0 spiro atoms. The second-order valence-corrected chi connectivity index (χ2v) is 5.22. The third-order valence-electron chi connectivity index (χ3n) is 3.03. The first kappa shape index (κ1) is 16.2. The number of carbonyl (C=O) groups excluding carboxylic acids is 1. The average molecular weight is 283 g/mol. The minimum Gasteiger partial charge on any atom is -0.474 e. The summed E-state index contributed by atoms with van der Waals surface area (Å²) in [5.74, 6) is -0.215. The smallest absolute Gasteiger partial charge is 0.261 e. The second kappa shape index (κ2) is 6.56. The Morgan fingerprint density at radius 3 is 2.70 bits per heavy atom. The molecule has 1 heterocycles. The molecule has 1 aromatic heterocycles. The Morgan fingerprint density at radius 1 is 1.55 bits per heavy atom. The van der Waals surface area contributed by atoms with Gasteiger partial charge in [0.25, 0.3) is 5.91 Å². The van der Waals surface area contributed by atoms with Crippen molar-refractivity contribution < 1.29 is 19.1 Å². The van der Waals surface area contributed by atoms with Crippen LogP contribution in [0.3, 0.4) is 0 Å². The van der Waals surface area contributed by atoms with E-state index in [0.717, 1.165) is 18.8 Å². The number of aliphatic hydroxyl groups excluding tert-OH is 1. The van der Waals surface area contributed by atoms with Crippen molar-refractivity contribution >= 4 is 5.91 Å². The van der Waals surface area contributed by atoms with Crippen LogP contribution in [0.15, 0.2) is 21.5 Å². The van der Waals surface area contributed by atoms with Crippen LogP contribution in [0.4, 0.5) is 0 Å². The molecule has 0 fully saturated rings. The first-order valence-corrected chi connectivity index (χ1v) is 6.50. The lowest BCUT2D eigenvalue weighted by Gasteiger charge is -2.26. The highest BCUT2D eigenvalue weighted by Gasteiger charge is 2.23. The topological polar surface area (TPSA) is 88.8 Å². The molecule has 0 saturated heterocycles. The third kappa shape index (κ3) is 4.38. The minimum atomic E-state index is -0.816. The van der Waals surface area contributed by atoms with Gasteiger partial charge in [0.15, 0.2) is 6.10 Å². The monoisotopic (exact) mass is 283 g/mol. The Hall–Kier alpha value is -1.82. The highest BCUT2D eigenvalue weighted by molar-refractivity contribution is 5.81. The van der Waals surface area contributed by atoms with Crippen molar-refractivity contribution in [2.45, 2.75) is 52.4 Å². The van der Waals surface area contributed by atoms with Gasteiger partial charge in [-0.2, -0.15) is 0 Å². The maximum Gasteiger partial charge on any atom is 0.261 e. The molecule has 6 nitrogen and oxygen atoms in total. The Bertz CT molecular complexity index is 521. The van der Waals surface area contributed by atoms with Gasteiger partial charge in [0, 0.05) is 11.6 Å². The van der Waals surface area contributed by atoms with E-state index < -0.39 is 11.5 Å². The van der Waals surface area contributed by atoms with Crippen LogP contribution in [-0.2, 0) is 11.4 Å². The highest BCUT2D eigenvalue weighted by atomic mass is 16.5. The van der Waals surface area contributed by atoms with E-state index in [9.17, 15) is 9.59 Å². The van der Waals surface area contributed by atoms with E-state index in [-0.39, 0.29) is 29.6 Å². The lowest BCUT2D eigenvalue weighted by molar-refractivity contribution is -0.129. The third-order valence-corrected chi connectivity index (χ3v) is 3.03. The Labute approximate surface area is 117 Å². The van der Waals surface area contributed by atoms with E-state index in [1.165, 1.54) is 0 Å². The van der Waals surface area contributed by atoms with Gasteiger partial charge in [0.2, 0.25) is 11.2 Å². The van der Waals surface area contributed by atoms with Crippen LogP contribution >= 0.6 is 0 Å². The Kier molecular flexibility index (Phi) is 5.33. The molecule has 1 amide bonds. The summed E-state index contributed by atoms with van der Waals surface area (Å²) < 4.78 is 10.3. The Balaban J connectivity index is 2.73. The SMILES string of the molecule is CCC(C)(C)NC(=O)C(C)Oc1coc(CO)cc1=O. The fraction of sp³-hybridized carbons (Fsp3) is 0.571. The normalized spacial score (nSPS) is 12.8. The van der Waals surface area contributed by atoms with Crippen LogP contribution in [0.1, 0.15) is 39.9 Å². The maximum atomic E-state index is 11.9. The molecule has 2 N–H and O–H groups in total. The first-order valence-electron chi connectivity index (χ1n) is 6.50. The van der Waals surface area contributed by atoms with E-state index >= 15 is 0 Å². The molecule has 1 rings (SSSR count). The summed E-state index contributed by atoms with van der Waals surface area (Å²) in [4.78, 5) is 23.6. The van der Waals surface area contributed by atoms with E-state index in [1.54, 1.807) is 6.92 Å². The quantitative estimate of drug-likeness (QED) is 0.819. The first-order chi connectivity index (χ1) is 9.29. The van der Waals surface area contributed by atoms with Gasteiger partial charge in [-0.25, -0.2) is 0 Å². The van der Waals surface area contributed by atoms with Crippen molar-refractivity contribution in [3.8, 4) is 5.75 Å². The maximum absolute atomic E-state index is 11.9.